The molecular weight excluding hydrogens is 519 g/mol. The molecule has 0 spiro atoms. The molecule has 2 saturated carbocycles. The van der Waals surface area contributed by atoms with Crippen LogP contribution in [-0.4, -0.2) is 43.0 Å². The topological polar surface area (TPSA) is 92.7 Å². The van der Waals surface area contributed by atoms with Gasteiger partial charge in [-0.1, -0.05) is 11.6 Å². The zero-order valence-electron chi connectivity index (χ0n) is 19.7. The second-order valence-electron chi connectivity index (χ2n) is 9.57. The zero-order valence-corrected chi connectivity index (χ0v) is 21.3. The van der Waals surface area contributed by atoms with E-state index in [1.807, 2.05) is 6.92 Å². The van der Waals surface area contributed by atoms with Gasteiger partial charge in [0.15, 0.2) is 27.3 Å². The molecule has 0 heterocycles. The van der Waals surface area contributed by atoms with Crippen LogP contribution in [0.25, 0.3) is 0 Å². The molecule has 2 bridgehead atoms. The minimum Gasteiger partial charge on any atom is -0.387 e. The number of sulfone groups is 1. The first-order valence-corrected chi connectivity index (χ1v) is 13.6. The van der Waals surface area contributed by atoms with Gasteiger partial charge in [0.2, 0.25) is 0 Å². The summed E-state index contributed by atoms with van der Waals surface area (Å²) in [7, 11) is -4.00. The number of nitrogens with one attached hydrogen (secondary N) is 1. The molecule has 196 valence electrons. The third kappa shape index (κ3) is 4.88. The standard InChI is InChI=1S/C25H27ClF3NO5S/c1-3-35-13(2)25(32)11-15-4-5-16(12-25)23(15)36(33,34)21-8-14(6-7-18(21)26)24(31)30-17-9-19(27)22(29)20(28)10-17/h6-10,13,15-16,23,32H,3-5,11-12H2,1-2H3,(H,30,31)/t13?,15-,16?,23?,25?/m0/s1. The third-order valence-electron chi connectivity index (χ3n) is 7.34. The summed E-state index contributed by atoms with van der Waals surface area (Å²) in [4.78, 5) is 12.5. The quantitative estimate of drug-likeness (QED) is 0.471. The molecule has 0 aromatic heterocycles. The van der Waals surface area contributed by atoms with Crippen LogP contribution < -0.4 is 5.32 Å². The van der Waals surface area contributed by atoms with Crippen molar-refractivity contribution in [2.45, 2.75) is 61.4 Å². The maximum atomic E-state index is 13.8. The number of halogens is 4. The summed E-state index contributed by atoms with van der Waals surface area (Å²) < 4.78 is 73.4. The Kier molecular flexibility index (Phi) is 7.45. The van der Waals surface area contributed by atoms with Crippen molar-refractivity contribution < 1.29 is 36.2 Å². The van der Waals surface area contributed by atoms with Crippen molar-refractivity contribution in [2.24, 2.45) is 11.8 Å². The number of carbonyl (C=O) groups excluding carboxylic acids is 1. The molecular formula is C25H27ClF3NO5S. The smallest absolute Gasteiger partial charge is 0.255 e. The average Bonchev–Trinajstić information content (AvgIpc) is 3.10. The van der Waals surface area contributed by atoms with Gasteiger partial charge in [0.05, 0.1) is 26.9 Å². The van der Waals surface area contributed by atoms with Gasteiger partial charge in [-0.25, -0.2) is 21.6 Å². The molecule has 5 atom stereocenters. The van der Waals surface area contributed by atoms with Gasteiger partial charge in [0.25, 0.3) is 5.91 Å². The number of benzene rings is 2. The lowest BCUT2D eigenvalue weighted by Crippen LogP contribution is -2.52. The van der Waals surface area contributed by atoms with Crippen LogP contribution in [0.4, 0.5) is 18.9 Å². The Labute approximate surface area is 212 Å². The van der Waals surface area contributed by atoms with Crippen LogP contribution in [0, 0.1) is 29.3 Å². The summed E-state index contributed by atoms with van der Waals surface area (Å²) in [6.07, 6.45) is 1.37. The molecule has 0 aliphatic heterocycles. The molecule has 0 saturated heterocycles. The number of ether oxygens (including phenoxy) is 1. The Balaban J connectivity index is 1.60. The molecule has 2 aliphatic carbocycles. The summed E-state index contributed by atoms with van der Waals surface area (Å²) in [6.45, 7) is 4.05. The fourth-order valence-electron chi connectivity index (χ4n) is 5.65. The lowest BCUT2D eigenvalue weighted by molar-refractivity contribution is -0.127. The molecule has 2 aromatic rings. The molecule has 2 aliphatic rings. The molecule has 36 heavy (non-hydrogen) atoms. The average molecular weight is 546 g/mol. The highest BCUT2D eigenvalue weighted by Crippen LogP contribution is 2.52. The van der Waals surface area contributed by atoms with Crippen LogP contribution in [0.1, 0.15) is 49.9 Å². The van der Waals surface area contributed by atoms with Gasteiger partial charge in [-0.3, -0.25) is 4.79 Å². The zero-order chi connectivity index (χ0) is 26.4. The number of anilines is 1. The summed E-state index contributed by atoms with van der Waals surface area (Å²) in [6, 6.07) is 4.92. The molecule has 2 fully saturated rings. The Hall–Kier alpha value is -2.14. The Morgan fingerprint density at radius 3 is 2.31 bits per heavy atom. The van der Waals surface area contributed by atoms with Crippen molar-refractivity contribution in [3.05, 3.63) is 58.4 Å². The van der Waals surface area contributed by atoms with Crippen LogP contribution in [0.15, 0.2) is 35.2 Å². The van der Waals surface area contributed by atoms with Crippen molar-refractivity contribution in [3.63, 3.8) is 0 Å². The van der Waals surface area contributed by atoms with Gasteiger partial charge >= 0.3 is 0 Å². The molecule has 4 unspecified atom stereocenters. The maximum absolute atomic E-state index is 13.8. The summed E-state index contributed by atoms with van der Waals surface area (Å²) in [5.74, 6) is -6.08. The van der Waals surface area contributed by atoms with Crippen molar-refractivity contribution in [2.75, 3.05) is 11.9 Å². The first kappa shape index (κ1) is 26.9. The summed E-state index contributed by atoms with van der Waals surface area (Å²) in [5.41, 5.74) is -1.56. The second kappa shape index (κ2) is 9.96. The van der Waals surface area contributed by atoms with E-state index in [1.54, 1.807) is 6.92 Å². The predicted molar refractivity (Wildman–Crippen MR) is 128 cm³/mol. The minimum atomic E-state index is -4.00. The highest BCUT2D eigenvalue weighted by Gasteiger charge is 2.56. The van der Waals surface area contributed by atoms with Crippen molar-refractivity contribution in [1.82, 2.24) is 0 Å². The van der Waals surface area contributed by atoms with Gasteiger partial charge in [0.1, 0.15) is 0 Å². The predicted octanol–water partition coefficient (Wildman–Crippen LogP) is 5.13. The lowest BCUT2D eigenvalue weighted by atomic mass is 9.74. The monoisotopic (exact) mass is 545 g/mol. The number of fused-ring (bicyclic) bond motifs is 2. The van der Waals surface area contributed by atoms with Crippen molar-refractivity contribution >= 4 is 33.0 Å². The number of hydrogen-bond donors (Lipinski definition) is 2. The van der Waals surface area contributed by atoms with Gasteiger partial charge in [-0.15, -0.1) is 0 Å². The molecule has 6 nitrogen and oxygen atoms in total. The normalized spacial score (nSPS) is 26.6. The van der Waals surface area contributed by atoms with Gasteiger partial charge in [-0.2, -0.15) is 0 Å². The van der Waals surface area contributed by atoms with E-state index >= 15 is 0 Å². The van der Waals surface area contributed by atoms with E-state index in [4.69, 9.17) is 16.3 Å². The van der Waals surface area contributed by atoms with E-state index in [9.17, 15) is 31.5 Å². The van der Waals surface area contributed by atoms with E-state index in [0.717, 1.165) is 6.07 Å². The number of hydrogen-bond acceptors (Lipinski definition) is 5. The fraction of sp³-hybridized carbons (Fsp3) is 0.480. The second-order valence-corrected chi connectivity index (χ2v) is 12.1. The van der Waals surface area contributed by atoms with Gasteiger partial charge in [-0.05, 0) is 69.6 Å². The summed E-state index contributed by atoms with van der Waals surface area (Å²) in [5, 5.41) is 12.6. The lowest BCUT2D eigenvalue weighted by Gasteiger charge is -2.43. The van der Waals surface area contributed by atoms with Crippen molar-refractivity contribution in [3.8, 4) is 0 Å². The van der Waals surface area contributed by atoms with Gasteiger partial charge in [0, 0.05) is 30.0 Å². The number of aliphatic hydroxyl groups is 1. The number of rotatable bonds is 7. The highest BCUT2D eigenvalue weighted by atomic mass is 35.5. The molecule has 2 aromatic carbocycles. The molecule has 11 heteroatoms. The van der Waals surface area contributed by atoms with E-state index in [1.165, 1.54) is 12.1 Å². The largest absolute Gasteiger partial charge is 0.387 e. The first-order valence-electron chi connectivity index (χ1n) is 11.7. The number of carbonyl (C=O) groups is 1. The van der Waals surface area contributed by atoms with E-state index in [2.05, 4.69) is 5.32 Å². The first-order chi connectivity index (χ1) is 16.9. The Morgan fingerprint density at radius 1 is 1.17 bits per heavy atom. The van der Waals surface area contributed by atoms with Crippen molar-refractivity contribution in [1.29, 1.82) is 0 Å². The highest BCUT2D eigenvalue weighted by molar-refractivity contribution is 7.92. The van der Waals surface area contributed by atoms with Crippen LogP contribution in [-0.2, 0) is 14.6 Å². The SMILES string of the molecule is CCOC(C)C1(O)CC2CC[C@@H](C1)C2S(=O)(=O)c1cc(C(=O)Nc2cc(F)c(F)c(F)c2)ccc1Cl. The Bertz CT molecular complexity index is 1250. The number of amides is 1. The summed E-state index contributed by atoms with van der Waals surface area (Å²) >= 11 is 6.27. The molecule has 2 N–H and O–H groups in total. The third-order valence-corrected chi connectivity index (χ3v) is 10.2. The van der Waals surface area contributed by atoms with Crippen LogP contribution >= 0.6 is 11.6 Å². The van der Waals surface area contributed by atoms with Crippen LogP contribution in [0.5, 0.6) is 0 Å². The van der Waals surface area contributed by atoms with Crippen LogP contribution in [0.3, 0.4) is 0 Å². The molecule has 4 rings (SSSR count). The van der Waals surface area contributed by atoms with Crippen LogP contribution in [0.2, 0.25) is 5.02 Å². The van der Waals surface area contributed by atoms with E-state index < -0.39 is 50.2 Å². The molecule has 1 amide bonds. The Morgan fingerprint density at radius 2 is 1.75 bits per heavy atom. The van der Waals surface area contributed by atoms with Gasteiger partial charge < -0.3 is 15.2 Å². The van der Waals surface area contributed by atoms with E-state index in [0.29, 0.717) is 31.6 Å². The van der Waals surface area contributed by atoms with E-state index in [-0.39, 0.29) is 45.8 Å². The minimum absolute atomic E-state index is 0.0617. The molecule has 0 radical (unpaired) electrons. The maximum Gasteiger partial charge on any atom is 0.255 e. The fourth-order valence-corrected chi connectivity index (χ4v) is 8.50.